The van der Waals surface area contributed by atoms with Gasteiger partial charge in [0.05, 0.1) is 4.88 Å². The lowest BCUT2D eigenvalue weighted by atomic mass is 10.1. The Balaban J connectivity index is 1.56. The Morgan fingerprint density at radius 2 is 2.43 bits per heavy atom. The fraction of sp³-hybridized carbons (Fsp3) is 0.533. The molecule has 6 nitrogen and oxygen atoms in total. The highest BCUT2D eigenvalue weighted by Crippen LogP contribution is 2.28. The molecule has 2 aromatic rings. The van der Waals surface area contributed by atoms with Crippen molar-refractivity contribution in [2.45, 2.75) is 32.2 Å². The van der Waals surface area contributed by atoms with Crippen LogP contribution in [0.25, 0.3) is 10.7 Å². The van der Waals surface area contributed by atoms with E-state index in [9.17, 15) is 4.79 Å². The molecule has 1 aliphatic rings. The number of rotatable bonds is 5. The van der Waals surface area contributed by atoms with Gasteiger partial charge in [-0.15, -0.1) is 11.3 Å². The van der Waals surface area contributed by atoms with Gasteiger partial charge in [-0.1, -0.05) is 5.16 Å². The molecule has 0 aromatic carbocycles. The van der Waals surface area contributed by atoms with Gasteiger partial charge < -0.3 is 15.2 Å². The van der Waals surface area contributed by atoms with Crippen LogP contribution in [0.4, 0.5) is 0 Å². The first-order chi connectivity index (χ1) is 11.1. The van der Waals surface area contributed by atoms with Crippen molar-refractivity contribution in [1.82, 2.24) is 15.0 Å². The van der Waals surface area contributed by atoms with Gasteiger partial charge in [-0.3, -0.25) is 4.79 Å². The maximum absolute atomic E-state index is 12.4. The van der Waals surface area contributed by atoms with Crippen molar-refractivity contribution in [2.24, 2.45) is 11.7 Å². The average Bonchev–Trinajstić information content (AvgIpc) is 3.24. The van der Waals surface area contributed by atoms with Crippen LogP contribution in [0.5, 0.6) is 0 Å². The van der Waals surface area contributed by atoms with Crippen LogP contribution >= 0.6 is 27.3 Å². The average molecular weight is 399 g/mol. The molecule has 0 saturated carbocycles. The minimum absolute atomic E-state index is 0.132. The maximum atomic E-state index is 12.4. The van der Waals surface area contributed by atoms with Crippen molar-refractivity contribution < 1.29 is 9.32 Å². The van der Waals surface area contributed by atoms with E-state index in [1.54, 1.807) is 11.3 Å². The zero-order chi connectivity index (χ0) is 16.4. The summed E-state index contributed by atoms with van der Waals surface area (Å²) in [5.74, 6) is 1.62. The van der Waals surface area contributed by atoms with Crippen molar-refractivity contribution in [3.8, 4) is 10.7 Å². The van der Waals surface area contributed by atoms with Gasteiger partial charge in [0, 0.05) is 35.3 Å². The zero-order valence-electron chi connectivity index (χ0n) is 12.9. The predicted molar refractivity (Wildman–Crippen MR) is 92.0 cm³/mol. The van der Waals surface area contributed by atoms with E-state index < -0.39 is 0 Å². The number of thiophene rings is 1. The number of hydrogen-bond donors (Lipinski definition) is 1. The standard InChI is InChI=1S/C15H19BrN4O2S/c1-9-4-10(6-17)7-20(9)14(21)3-2-13-18-15(19-22-13)12-5-11(16)8-23-12/h5,8-10H,2-4,6-7,17H2,1H3. The lowest BCUT2D eigenvalue weighted by molar-refractivity contribution is -0.131. The van der Waals surface area contributed by atoms with E-state index in [-0.39, 0.29) is 11.9 Å². The van der Waals surface area contributed by atoms with Gasteiger partial charge in [0.1, 0.15) is 0 Å². The van der Waals surface area contributed by atoms with Crippen LogP contribution in [-0.4, -0.2) is 40.1 Å². The third kappa shape index (κ3) is 3.81. The molecule has 1 amide bonds. The van der Waals surface area contributed by atoms with E-state index >= 15 is 0 Å². The fourth-order valence-electron chi connectivity index (χ4n) is 2.90. The largest absolute Gasteiger partial charge is 0.340 e. The lowest BCUT2D eigenvalue weighted by Gasteiger charge is -2.21. The van der Waals surface area contributed by atoms with Crippen molar-refractivity contribution in [1.29, 1.82) is 0 Å². The molecule has 0 radical (unpaired) electrons. The van der Waals surface area contributed by atoms with Crippen LogP contribution in [-0.2, 0) is 11.2 Å². The van der Waals surface area contributed by atoms with Crippen LogP contribution in [0.3, 0.4) is 0 Å². The molecule has 0 spiro atoms. The van der Waals surface area contributed by atoms with E-state index in [4.69, 9.17) is 10.3 Å². The quantitative estimate of drug-likeness (QED) is 0.836. The van der Waals surface area contributed by atoms with Gasteiger partial charge in [-0.2, -0.15) is 4.98 Å². The Bertz CT molecular complexity index is 687. The number of aryl methyl sites for hydroxylation is 1. The van der Waals surface area contributed by atoms with Gasteiger partial charge in [0.25, 0.3) is 0 Å². The number of nitrogens with two attached hydrogens (primary N) is 1. The normalized spacial score (nSPS) is 21.1. The van der Waals surface area contributed by atoms with Gasteiger partial charge >= 0.3 is 0 Å². The first-order valence-electron chi connectivity index (χ1n) is 7.63. The molecule has 1 saturated heterocycles. The molecule has 124 valence electrons. The second-order valence-electron chi connectivity index (χ2n) is 5.87. The highest BCUT2D eigenvalue weighted by atomic mass is 79.9. The van der Waals surface area contributed by atoms with Crippen molar-refractivity contribution in [2.75, 3.05) is 13.1 Å². The zero-order valence-corrected chi connectivity index (χ0v) is 15.3. The fourth-order valence-corrected chi connectivity index (χ4v) is 4.26. The van der Waals surface area contributed by atoms with Gasteiger partial charge in [-0.05, 0) is 47.8 Å². The first-order valence-corrected chi connectivity index (χ1v) is 9.30. The molecule has 0 aliphatic carbocycles. The topological polar surface area (TPSA) is 85.2 Å². The van der Waals surface area contributed by atoms with Crippen LogP contribution < -0.4 is 5.73 Å². The second-order valence-corrected chi connectivity index (χ2v) is 7.70. The van der Waals surface area contributed by atoms with E-state index in [0.717, 1.165) is 22.3 Å². The molecule has 8 heteroatoms. The molecular formula is C15H19BrN4O2S. The van der Waals surface area contributed by atoms with E-state index in [1.165, 1.54) is 0 Å². The Hall–Kier alpha value is -1.25. The third-order valence-electron chi connectivity index (χ3n) is 4.12. The summed E-state index contributed by atoms with van der Waals surface area (Å²) in [5.41, 5.74) is 5.71. The molecular weight excluding hydrogens is 380 g/mol. The monoisotopic (exact) mass is 398 g/mol. The number of hydrogen-bond acceptors (Lipinski definition) is 6. The SMILES string of the molecule is CC1CC(CN)CN1C(=O)CCc1nc(-c2cc(Br)cs2)no1. The summed E-state index contributed by atoms with van der Waals surface area (Å²) in [6.45, 7) is 3.47. The predicted octanol–water partition coefficient (Wildman–Crippen LogP) is 2.69. The Kier molecular flexibility index (Phi) is 5.13. The molecule has 2 aromatic heterocycles. The molecule has 3 rings (SSSR count). The third-order valence-corrected chi connectivity index (χ3v) is 5.81. The van der Waals surface area contributed by atoms with E-state index in [0.29, 0.717) is 37.0 Å². The van der Waals surface area contributed by atoms with Crippen molar-refractivity contribution in [3.63, 3.8) is 0 Å². The van der Waals surface area contributed by atoms with Crippen molar-refractivity contribution in [3.05, 3.63) is 21.8 Å². The highest BCUT2D eigenvalue weighted by molar-refractivity contribution is 9.10. The van der Waals surface area contributed by atoms with Crippen LogP contribution in [0.1, 0.15) is 25.7 Å². The number of halogens is 1. The smallest absolute Gasteiger partial charge is 0.227 e. The number of nitrogens with zero attached hydrogens (tertiary/aromatic N) is 3. The molecule has 1 aliphatic heterocycles. The Morgan fingerprint density at radius 3 is 3.09 bits per heavy atom. The maximum Gasteiger partial charge on any atom is 0.227 e. The molecule has 1 fully saturated rings. The number of amides is 1. The summed E-state index contributed by atoms with van der Waals surface area (Å²) in [4.78, 5) is 19.6. The Morgan fingerprint density at radius 1 is 1.61 bits per heavy atom. The Labute approximate surface area is 147 Å². The summed E-state index contributed by atoms with van der Waals surface area (Å²) in [5, 5.41) is 5.95. The number of aromatic nitrogens is 2. The minimum atomic E-state index is 0.132. The molecule has 23 heavy (non-hydrogen) atoms. The molecule has 2 atom stereocenters. The van der Waals surface area contributed by atoms with E-state index in [2.05, 4.69) is 33.0 Å². The summed E-state index contributed by atoms with van der Waals surface area (Å²) in [6, 6.07) is 2.21. The number of carbonyl (C=O) groups is 1. The summed E-state index contributed by atoms with van der Waals surface area (Å²) in [6.07, 6.45) is 1.84. The highest BCUT2D eigenvalue weighted by Gasteiger charge is 2.31. The number of likely N-dealkylation sites (tertiary alicyclic amines) is 1. The lowest BCUT2D eigenvalue weighted by Crippen LogP contribution is -2.34. The molecule has 0 bridgehead atoms. The van der Waals surface area contributed by atoms with Gasteiger partial charge in [0.2, 0.25) is 17.6 Å². The molecule has 2 unspecified atom stereocenters. The molecule has 2 N–H and O–H groups in total. The molecule has 3 heterocycles. The van der Waals surface area contributed by atoms with Crippen LogP contribution in [0, 0.1) is 5.92 Å². The summed E-state index contributed by atoms with van der Waals surface area (Å²) < 4.78 is 6.25. The van der Waals surface area contributed by atoms with Gasteiger partial charge in [-0.25, -0.2) is 0 Å². The summed E-state index contributed by atoms with van der Waals surface area (Å²) in [7, 11) is 0. The van der Waals surface area contributed by atoms with Crippen LogP contribution in [0.15, 0.2) is 20.4 Å². The second kappa shape index (κ2) is 7.11. The van der Waals surface area contributed by atoms with Gasteiger partial charge in [0.15, 0.2) is 0 Å². The summed E-state index contributed by atoms with van der Waals surface area (Å²) >= 11 is 4.95. The van der Waals surface area contributed by atoms with Crippen LogP contribution in [0.2, 0.25) is 0 Å². The number of carbonyl (C=O) groups excluding carboxylic acids is 1. The van der Waals surface area contributed by atoms with E-state index in [1.807, 2.05) is 16.3 Å². The first kappa shape index (κ1) is 16.6. The van der Waals surface area contributed by atoms with Crippen molar-refractivity contribution >= 4 is 33.2 Å². The minimum Gasteiger partial charge on any atom is -0.340 e.